The molecule has 1 aliphatic heterocycles. The number of carbonyl (C=O) groups is 2. The van der Waals surface area contributed by atoms with Crippen molar-refractivity contribution in [1.29, 1.82) is 0 Å². The van der Waals surface area contributed by atoms with Gasteiger partial charge in [0.25, 0.3) is 5.91 Å². The van der Waals surface area contributed by atoms with Crippen LogP contribution in [0.15, 0.2) is 60.0 Å². The molecule has 0 fully saturated rings. The van der Waals surface area contributed by atoms with Crippen molar-refractivity contribution in [2.75, 3.05) is 11.9 Å². The van der Waals surface area contributed by atoms with Gasteiger partial charge >= 0.3 is 0 Å². The summed E-state index contributed by atoms with van der Waals surface area (Å²) in [5.41, 5.74) is 2.56. The number of anilines is 1. The fourth-order valence-corrected chi connectivity index (χ4v) is 3.58. The third-order valence-corrected chi connectivity index (χ3v) is 4.90. The summed E-state index contributed by atoms with van der Waals surface area (Å²) in [6.07, 6.45) is 0.621. The van der Waals surface area contributed by atoms with Gasteiger partial charge in [0.05, 0.1) is 17.2 Å². The first-order chi connectivity index (χ1) is 13.9. The van der Waals surface area contributed by atoms with Crippen LogP contribution in [0.4, 0.5) is 10.1 Å². The zero-order chi connectivity index (χ0) is 21.0. The Kier molecular flexibility index (Phi) is 6.23. The molecule has 1 unspecified atom stereocenters. The van der Waals surface area contributed by atoms with E-state index in [1.165, 1.54) is 30.0 Å². The number of hydrogen-bond acceptors (Lipinski definition) is 4. The maximum atomic E-state index is 14.1. The average molecular weight is 413 g/mol. The molecule has 8 heteroatoms. The van der Waals surface area contributed by atoms with Crippen molar-refractivity contribution in [3.05, 3.63) is 76.9 Å². The van der Waals surface area contributed by atoms with Crippen molar-refractivity contribution in [3.63, 3.8) is 0 Å². The number of thiocarbonyl (C=S) groups is 1. The molecule has 0 saturated heterocycles. The largest absolute Gasteiger partial charge is 0.494 e. The van der Waals surface area contributed by atoms with Crippen molar-refractivity contribution in [2.45, 2.75) is 19.4 Å². The third kappa shape index (κ3) is 4.27. The van der Waals surface area contributed by atoms with Crippen molar-refractivity contribution in [2.24, 2.45) is 0 Å². The number of nitrogens with zero attached hydrogens (tertiary/aromatic N) is 1. The molecule has 2 aromatic carbocycles. The first-order valence-electron chi connectivity index (χ1n) is 8.98. The van der Waals surface area contributed by atoms with E-state index in [9.17, 15) is 19.1 Å². The van der Waals surface area contributed by atoms with Gasteiger partial charge in [-0.1, -0.05) is 48.6 Å². The molecular formula is C21H20FN3O3S. The topological polar surface area (TPSA) is 81.7 Å². The Labute approximate surface area is 173 Å². The van der Waals surface area contributed by atoms with Crippen molar-refractivity contribution >= 4 is 35.2 Å². The van der Waals surface area contributed by atoms with Crippen LogP contribution in [-0.4, -0.2) is 33.9 Å². The quantitative estimate of drug-likeness (QED) is 0.398. The van der Waals surface area contributed by atoms with Gasteiger partial charge < -0.3 is 20.6 Å². The van der Waals surface area contributed by atoms with Crippen LogP contribution in [0.5, 0.6) is 0 Å². The highest BCUT2D eigenvalue weighted by molar-refractivity contribution is 7.78. The Morgan fingerprint density at radius 1 is 1.21 bits per heavy atom. The maximum absolute atomic E-state index is 14.1. The highest BCUT2D eigenvalue weighted by Crippen LogP contribution is 2.36. The summed E-state index contributed by atoms with van der Waals surface area (Å²) < 4.78 is 14.1. The molecule has 3 N–H and O–H groups in total. The average Bonchev–Trinajstić information content (AvgIpc) is 2.70. The van der Waals surface area contributed by atoms with E-state index in [0.29, 0.717) is 18.5 Å². The van der Waals surface area contributed by atoms with Crippen molar-refractivity contribution < 1.29 is 19.1 Å². The summed E-state index contributed by atoms with van der Waals surface area (Å²) >= 11 is 4.74. The summed E-state index contributed by atoms with van der Waals surface area (Å²) in [6.45, 7) is 1.77. The van der Waals surface area contributed by atoms with E-state index < -0.39 is 23.6 Å². The highest BCUT2D eigenvalue weighted by Gasteiger charge is 2.37. The Morgan fingerprint density at radius 2 is 1.90 bits per heavy atom. The number of benzene rings is 2. The minimum absolute atomic E-state index is 0.0383. The number of hydrogen-bond donors (Lipinski definition) is 3. The molecule has 29 heavy (non-hydrogen) atoms. The molecule has 2 aromatic rings. The van der Waals surface area contributed by atoms with Crippen LogP contribution in [0.2, 0.25) is 0 Å². The van der Waals surface area contributed by atoms with Gasteiger partial charge in [-0.3, -0.25) is 9.59 Å². The number of carbonyl (C=O) groups excluding carboxylic acids is 2. The van der Waals surface area contributed by atoms with Crippen molar-refractivity contribution in [3.8, 4) is 0 Å². The van der Waals surface area contributed by atoms with Gasteiger partial charge in [-0.15, -0.1) is 0 Å². The predicted octanol–water partition coefficient (Wildman–Crippen LogP) is 3.23. The summed E-state index contributed by atoms with van der Waals surface area (Å²) in [5, 5.41) is 15.5. The van der Waals surface area contributed by atoms with E-state index in [-0.39, 0.29) is 17.2 Å². The number of rotatable bonds is 5. The lowest BCUT2D eigenvalue weighted by molar-refractivity contribution is -0.131. The molecule has 1 aliphatic rings. The second-order valence-electron chi connectivity index (χ2n) is 6.52. The van der Waals surface area contributed by atoms with Crippen LogP contribution in [0.3, 0.4) is 0 Å². The molecule has 3 rings (SSSR count). The molecule has 0 aromatic heterocycles. The number of amides is 2. The third-order valence-electron chi connectivity index (χ3n) is 4.78. The van der Waals surface area contributed by atoms with Gasteiger partial charge in [0, 0.05) is 13.5 Å². The molecule has 0 radical (unpaired) electrons. The zero-order valence-corrected chi connectivity index (χ0v) is 16.5. The Hall–Kier alpha value is -3.26. The number of para-hydroxylation sites is 1. The normalized spacial score (nSPS) is 16.3. The molecule has 1 atom stereocenters. The predicted molar refractivity (Wildman–Crippen MR) is 112 cm³/mol. The summed E-state index contributed by atoms with van der Waals surface area (Å²) in [7, 11) is 0. The van der Waals surface area contributed by atoms with Crippen LogP contribution in [0.25, 0.3) is 0 Å². The van der Waals surface area contributed by atoms with E-state index in [0.717, 1.165) is 11.1 Å². The standard InChI is InChI=1S/C21H20FN3O3S/c1-13(26)25-11-10-14-6-2-3-7-15(14)19(25)18(20(27)23-12-29)21(28)24-17-9-5-4-8-16(17)22/h2-9,12,19,27H,10-11H2,1H3,(H,23,29)(H,24,28). The molecule has 0 bridgehead atoms. The number of aliphatic hydroxyl groups excluding tert-OH is 1. The minimum Gasteiger partial charge on any atom is -0.494 e. The van der Waals surface area contributed by atoms with E-state index in [1.54, 1.807) is 18.2 Å². The summed E-state index contributed by atoms with van der Waals surface area (Å²) in [6, 6.07) is 12.2. The zero-order valence-electron chi connectivity index (χ0n) is 15.7. The number of fused-ring (bicyclic) bond motifs is 1. The monoisotopic (exact) mass is 413 g/mol. The van der Waals surface area contributed by atoms with Crippen LogP contribution in [0.1, 0.15) is 24.1 Å². The first kappa shape index (κ1) is 20.5. The lowest BCUT2D eigenvalue weighted by Crippen LogP contribution is -2.43. The highest BCUT2D eigenvalue weighted by atomic mass is 32.1. The Morgan fingerprint density at radius 3 is 2.59 bits per heavy atom. The van der Waals surface area contributed by atoms with Gasteiger partial charge in [0.2, 0.25) is 5.91 Å². The summed E-state index contributed by atoms with van der Waals surface area (Å²) in [5.74, 6) is -2.11. The van der Waals surface area contributed by atoms with Gasteiger partial charge in [0.1, 0.15) is 11.4 Å². The van der Waals surface area contributed by atoms with Crippen LogP contribution < -0.4 is 10.6 Å². The Bertz CT molecular complexity index is 993. The Balaban J connectivity index is 2.12. The molecule has 0 saturated carbocycles. The first-order valence-corrected chi connectivity index (χ1v) is 9.45. The molecule has 0 spiro atoms. The van der Waals surface area contributed by atoms with E-state index in [4.69, 9.17) is 12.2 Å². The molecule has 1 heterocycles. The van der Waals surface area contributed by atoms with Crippen LogP contribution >= 0.6 is 12.2 Å². The maximum Gasteiger partial charge on any atom is 0.259 e. The number of nitrogens with one attached hydrogen (secondary N) is 2. The van der Waals surface area contributed by atoms with Crippen LogP contribution in [-0.2, 0) is 16.0 Å². The van der Waals surface area contributed by atoms with E-state index in [1.807, 2.05) is 12.1 Å². The fourth-order valence-electron chi connectivity index (χ4n) is 3.46. The smallest absolute Gasteiger partial charge is 0.259 e. The SMILES string of the molecule is CC(=O)N1CCc2ccccc2C1C(C(=O)Nc1ccccc1F)=C(O)NC=S. The van der Waals surface area contributed by atoms with Crippen molar-refractivity contribution in [1.82, 2.24) is 10.2 Å². The van der Waals surface area contributed by atoms with Gasteiger partial charge in [-0.2, -0.15) is 0 Å². The van der Waals surface area contributed by atoms with E-state index in [2.05, 4.69) is 10.6 Å². The molecular weight excluding hydrogens is 393 g/mol. The molecule has 6 nitrogen and oxygen atoms in total. The van der Waals surface area contributed by atoms with Gasteiger partial charge in [0.15, 0.2) is 5.88 Å². The van der Waals surface area contributed by atoms with Gasteiger partial charge in [-0.25, -0.2) is 4.39 Å². The number of aliphatic hydroxyl groups is 1. The summed E-state index contributed by atoms with van der Waals surface area (Å²) in [4.78, 5) is 27.0. The molecule has 150 valence electrons. The molecule has 0 aliphatic carbocycles. The number of halogens is 1. The minimum atomic E-state index is -0.855. The fraction of sp³-hybridized carbons (Fsp3) is 0.190. The lowest BCUT2D eigenvalue weighted by Gasteiger charge is -2.37. The second-order valence-corrected chi connectivity index (χ2v) is 6.76. The lowest BCUT2D eigenvalue weighted by atomic mass is 9.87. The van der Waals surface area contributed by atoms with E-state index >= 15 is 0 Å². The van der Waals surface area contributed by atoms with Crippen LogP contribution in [0, 0.1) is 5.82 Å². The molecule has 2 amide bonds. The second kappa shape index (κ2) is 8.83. The van der Waals surface area contributed by atoms with Gasteiger partial charge in [-0.05, 0) is 29.7 Å².